The summed E-state index contributed by atoms with van der Waals surface area (Å²) in [5.74, 6) is 0.358. The molecule has 5 rings (SSSR count). The van der Waals surface area contributed by atoms with Gasteiger partial charge in [-0.1, -0.05) is 0 Å². The maximum Gasteiger partial charge on any atom is 0.339 e. The molecule has 0 amide bonds. The number of fused-ring (bicyclic) bond motifs is 5. The second-order valence-electron chi connectivity index (χ2n) is 7.97. The molecule has 3 heterocycles. The van der Waals surface area contributed by atoms with E-state index >= 15 is 0 Å². The van der Waals surface area contributed by atoms with Gasteiger partial charge in [-0.3, -0.25) is 4.79 Å². The Hall–Kier alpha value is -2.34. The predicted molar refractivity (Wildman–Crippen MR) is 99.2 cm³/mol. The van der Waals surface area contributed by atoms with Crippen molar-refractivity contribution in [1.82, 2.24) is 4.57 Å². The van der Waals surface area contributed by atoms with Gasteiger partial charge >= 0.3 is 5.97 Å². The van der Waals surface area contributed by atoms with Gasteiger partial charge in [0.05, 0.1) is 5.69 Å². The number of nitrogens with two attached hydrogens (primary N) is 1. The molecule has 2 atom stereocenters. The Bertz CT molecular complexity index is 931. The Morgan fingerprint density at radius 3 is 2.77 bits per heavy atom. The number of nitrogens with zero attached hydrogens (tertiary/aromatic N) is 2. The minimum absolute atomic E-state index is 0.102. The summed E-state index contributed by atoms with van der Waals surface area (Å²) in [6.45, 7) is 1.70. The number of hydrogen-bond acceptors (Lipinski definition) is 4. The van der Waals surface area contributed by atoms with E-state index < -0.39 is 5.97 Å². The van der Waals surface area contributed by atoms with Crippen molar-refractivity contribution >= 4 is 11.8 Å². The maximum atomic E-state index is 12.8. The molecular weight excluding hydrogens is 330 g/mol. The van der Waals surface area contributed by atoms with E-state index in [-0.39, 0.29) is 17.0 Å². The van der Waals surface area contributed by atoms with Crippen LogP contribution in [0.4, 0.5) is 5.82 Å². The van der Waals surface area contributed by atoms with Crippen LogP contribution in [0, 0.1) is 0 Å². The first-order chi connectivity index (χ1) is 12.5. The van der Waals surface area contributed by atoms with E-state index in [4.69, 9.17) is 5.73 Å². The van der Waals surface area contributed by atoms with Gasteiger partial charge in [-0.15, -0.1) is 0 Å². The fraction of sp³-hybridized carbons (Fsp3) is 0.500. The van der Waals surface area contributed by atoms with Gasteiger partial charge in [0, 0.05) is 30.7 Å². The monoisotopic (exact) mass is 353 g/mol. The normalized spacial score (nSPS) is 25.0. The van der Waals surface area contributed by atoms with Gasteiger partial charge in [0.2, 0.25) is 5.43 Å². The lowest BCUT2D eigenvalue weighted by Crippen LogP contribution is -2.32. The van der Waals surface area contributed by atoms with Gasteiger partial charge in [-0.25, -0.2) is 4.79 Å². The van der Waals surface area contributed by atoms with Crippen molar-refractivity contribution in [2.45, 2.75) is 56.7 Å². The summed E-state index contributed by atoms with van der Waals surface area (Å²) in [4.78, 5) is 26.7. The molecule has 1 saturated heterocycles. The van der Waals surface area contributed by atoms with Gasteiger partial charge in [0.1, 0.15) is 11.4 Å². The van der Waals surface area contributed by atoms with Gasteiger partial charge in [0.15, 0.2) is 0 Å². The summed E-state index contributed by atoms with van der Waals surface area (Å²) in [6, 6.07) is 6.10. The van der Waals surface area contributed by atoms with Gasteiger partial charge in [-0.05, 0) is 61.8 Å². The predicted octanol–water partition coefficient (Wildman–Crippen LogP) is 2.23. The molecule has 1 unspecified atom stereocenters. The molecule has 136 valence electrons. The van der Waals surface area contributed by atoms with E-state index in [9.17, 15) is 14.7 Å². The summed E-state index contributed by atoms with van der Waals surface area (Å²) >= 11 is 0. The van der Waals surface area contributed by atoms with Crippen molar-refractivity contribution < 1.29 is 9.90 Å². The SMILES string of the molecule is N[C@H]1CC2CCCn3c(ccc4c(=O)c(C(=O)O)cc(C5CC5)c3-4)N2C1. The van der Waals surface area contributed by atoms with Crippen molar-refractivity contribution in [1.29, 1.82) is 0 Å². The van der Waals surface area contributed by atoms with E-state index in [2.05, 4.69) is 9.47 Å². The molecule has 0 spiro atoms. The molecule has 26 heavy (non-hydrogen) atoms. The number of carboxylic acid groups (broad SMARTS) is 1. The number of rotatable bonds is 2. The van der Waals surface area contributed by atoms with Gasteiger partial charge < -0.3 is 20.3 Å². The lowest BCUT2D eigenvalue weighted by Gasteiger charge is -2.29. The molecule has 5 aliphatic rings. The highest BCUT2D eigenvalue weighted by Gasteiger charge is 2.36. The molecule has 6 heteroatoms. The zero-order valence-corrected chi connectivity index (χ0v) is 14.6. The van der Waals surface area contributed by atoms with E-state index in [0.29, 0.717) is 17.5 Å². The Balaban J connectivity index is 1.79. The van der Waals surface area contributed by atoms with Crippen LogP contribution < -0.4 is 16.1 Å². The number of carbonyl (C=O) groups is 1. The minimum Gasteiger partial charge on any atom is -0.478 e. The Kier molecular flexibility index (Phi) is 3.41. The standard InChI is InChI=1S/C20H23N3O3/c21-12-8-13-2-1-7-22-17(23(13)10-12)6-5-14-18(22)15(11-3-4-11)9-16(19(14)24)20(25)26/h5-6,9,11-13H,1-4,7-8,10,21H2,(H,25,26)/t12-,13?/m0/s1. The third-order valence-electron chi connectivity index (χ3n) is 6.17. The van der Waals surface area contributed by atoms with Gasteiger partial charge in [-0.2, -0.15) is 0 Å². The second kappa shape index (κ2) is 5.58. The summed E-state index contributed by atoms with van der Waals surface area (Å²) in [6.07, 6.45) is 5.29. The highest BCUT2D eigenvalue weighted by atomic mass is 16.4. The molecule has 3 aliphatic heterocycles. The molecule has 0 aromatic rings. The number of hydrogen-bond donors (Lipinski definition) is 2. The first-order valence-corrected chi connectivity index (χ1v) is 9.50. The Labute approximate surface area is 151 Å². The number of aromatic carboxylic acids is 1. The fourth-order valence-electron chi connectivity index (χ4n) is 4.85. The van der Waals surface area contributed by atoms with Crippen molar-refractivity contribution in [3.05, 3.63) is 39.5 Å². The third kappa shape index (κ3) is 2.28. The summed E-state index contributed by atoms with van der Waals surface area (Å²) < 4.78 is 2.26. The number of benzene rings is 1. The number of carboxylic acids is 1. The lowest BCUT2D eigenvalue weighted by atomic mass is 9.95. The van der Waals surface area contributed by atoms with Crippen LogP contribution in [0.1, 0.15) is 53.9 Å². The molecular formula is C20H23N3O3. The first-order valence-electron chi connectivity index (χ1n) is 9.50. The minimum atomic E-state index is -1.13. The van der Waals surface area contributed by atoms with Crippen molar-refractivity contribution in [3.8, 4) is 11.3 Å². The maximum absolute atomic E-state index is 12.8. The quantitative estimate of drug-likeness (QED) is 0.864. The van der Waals surface area contributed by atoms with Crippen LogP contribution in [0.15, 0.2) is 23.0 Å². The molecule has 0 aromatic carbocycles. The summed E-state index contributed by atoms with van der Waals surface area (Å²) in [5, 5.41) is 9.46. The number of aromatic nitrogens is 1. The number of anilines is 1. The molecule has 2 aliphatic carbocycles. The summed E-state index contributed by atoms with van der Waals surface area (Å²) in [7, 11) is 0. The number of pyridine rings is 1. The molecule has 0 radical (unpaired) electrons. The van der Waals surface area contributed by atoms with Crippen LogP contribution >= 0.6 is 0 Å². The van der Waals surface area contributed by atoms with E-state index in [1.54, 1.807) is 6.07 Å². The van der Waals surface area contributed by atoms with Crippen LogP contribution in [0.3, 0.4) is 0 Å². The average Bonchev–Trinajstić information content (AvgIpc) is 3.40. The zero-order chi connectivity index (χ0) is 18.0. The van der Waals surface area contributed by atoms with Crippen LogP contribution in [-0.4, -0.2) is 34.3 Å². The van der Waals surface area contributed by atoms with Crippen LogP contribution in [0.25, 0.3) is 11.3 Å². The zero-order valence-electron chi connectivity index (χ0n) is 14.6. The van der Waals surface area contributed by atoms with Crippen LogP contribution in [0.2, 0.25) is 0 Å². The smallest absolute Gasteiger partial charge is 0.339 e. The highest BCUT2D eigenvalue weighted by Crippen LogP contribution is 2.46. The van der Waals surface area contributed by atoms with Crippen molar-refractivity contribution in [3.63, 3.8) is 0 Å². The van der Waals surface area contributed by atoms with Crippen molar-refractivity contribution in [2.75, 3.05) is 11.4 Å². The van der Waals surface area contributed by atoms with Gasteiger partial charge in [0.25, 0.3) is 0 Å². The fourth-order valence-corrected chi connectivity index (χ4v) is 4.85. The molecule has 6 nitrogen and oxygen atoms in total. The molecule has 0 aromatic heterocycles. The largest absolute Gasteiger partial charge is 0.478 e. The first kappa shape index (κ1) is 15.9. The summed E-state index contributed by atoms with van der Waals surface area (Å²) in [5.41, 5.74) is 8.26. The molecule has 0 bridgehead atoms. The molecule has 1 saturated carbocycles. The Morgan fingerprint density at radius 2 is 2.04 bits per heavy atom. The topological polar surface area (TPSA) is 88.6 Å². The second-order valence-corrected chi connectivity index (χ2v) is 7.97. The van der Waals surface area contributed by atoms with E-state index in [0.717, 1.165) is 62.3 Å². The third-order valence-corrected chi connectivity index (χ3v) is 6.17. The average molecular weight is 353 g/mol. The van der Waals surface area contributed by atoms with E-state index in [1.165, 1.54) is 0 Å². The van der Waals surface area contributed by atoms with Crippen LogP contribution in [0.5, 0.6) is 0 Å². The van der Waals surface area contributed by atoms with Crippen LogP contribution in [-0.2, 0) is 6.54 Å². The lowest BCUT2D eigenvalue weighted by molar-refractivity contribution is 0.0695. The molecule has 2 fully saturated rings. The van der Waals surface area contributed by atoms with Crippen molar-refractivity contribution in [2.24, 2.45) is 5.73 Å². The molecule has 3 N–H and O–H groups in total. The highest BCUT2D eigenvalue weighted by molar-refractivity contribution is 5.91. The Morgan fingerprint density at radius 1 is 1.23 bits per heavy atom. The van der Waals surface area contributed by atoms with E-state index in [1.807, 2.05) is 12.1 Å².